The summed E-state index contributed by atoms with van der Waals surface area (Å²) in [5.74, 6) is 0. The zero-order valence-corrected chi connectivity index (χ0v) is 19.5. The zero-order chi connectivity index (χ0) is 18.7. The van der Waals surface area contributed by atoms with Gasteiger partial charge in [0, 0.05) is 20.2 Å². The summed E-state index contributed by atoms with van der Waals surface area (Å²) >= 11 is 1.67. The maximum absolute atomic E-state index is 12.8. The van der Waals surface area contributed by atoms with Gasteiger partial charge in [-0.15, -0.1) is 11.3 Å². The number of halogens is 1. The van der Waals surface area contributed by atoms with Crippen molar-refractivity contribution in [1.29, 1.82) is 0 Å². The second-order valence-electron chi connectivity index (χ2n) is 7.31. The van der Waals surface area contributed by atoms with Crippen LogP contribution in [0.3, 0.4) is 0 Å². The molecular weight excluding hydrogens is 469 g/mol. The van der Waals surface area contributed by atoms with E-state index in [-0.39, 0.29) is 35.5 Å². The van der Waals surface area contributed by atoms with Crippen LogP contribution >= 0.6 is 11.3 Å². The molecule has 0 spiro atoms. The Bertz CT molecular complexity index is 965. The van der Waals surface area contributed by atoms with Crippen molar-refractivity contribution < 1.29 is 33.2 Å². The third-order valence-corrected chi connectivity index (χ3v) is 6.55. The van der Waals surface area contributed by atoms with E-state index >= 15 is 0 Å². The molecule has 0 aliphatic heterocycles. The molecule has 0 aliphatic rings. The van der Waals surface area contributed by atoms with Gasteiger partial charge in [-0.05, 0) is 50.6 Å². The molecule has 0 saturated heterocycles. The van der Waals surface area contributed by atoms with Gasteiger partial charge < -0.3 is 33.2 Å². The first-order valence-corrected chi connectivity index (χ1v) is 10.2. The van der Waals surface area contributed by atoms with Crippen LogP contribution in [0.2, 0.25) is 0 Å². The minimum absolute atomic E-state index is 0. The highest BCUT2D eigenvalue weighted by molar-refractivity contribution is 7.24. The van der Waals surface area contributed by atoms with Crippen LogP contribution in [-0.4, -0.2) is 37.3 Å². The Hall–Kier alpha value is -1.02. The normalized spacial score (nSPS) is 12.9. The van der Waals surface area contributed by atoms with E-state index in [1.807, 2.05) is 30.3 Å². The fourth-order valence-corrected chi connectivity index (χ4v) is 4.39. The van der Waals surface area contributed by atoms with Crippen LogP contribution < -0.4 is 29.4 Å². The summed E-state index contributed by atoms with van der Waals surface area (Å²) < 4.78 is 9.18. The van der Waals surface area contributed by atoms with Gasteiger partial charge >= 0.3 is 0 Å². The summed E-state index contributed by atoms with van der Waals surface area (Å²) in [6.07, 6.45) is 0.182. The van der Waals surface area contributed by atoms with Crippen LogP contribution in [0.1, 0.15) is 26.3 Å². The first kappa shape index (κ1) is 22.3. The minimum atomic E-state index is 0. The smallest absolute Gasteiger partial charge is 0.195 e. The van der Waals surface area contributed by atoms with E-state index in [0.29, 0.717) is 6.61 Å². The lowest BCUT2D eigenvalue weighted by Crippen LogP contribution is -3.00. The van der Waals surface area contributed by atoms with Crippen LogP contribution in [0.15, 0.2) is 47.3 Å². The van der Waals surface area contributed by atoms with Crippen molar-refractivity contribution in [3.63, 3.8) is 0 Å². The third-order valence-electron chi connectivity index (χ3n) is 5.40. The summed E-state index contributed by atoms with van der Waals surface area (Å²) in [5, 5.41) is 1.60. The van der Waals surface area contributed by atoms with Crippen LogP contribution in [0.5, 0.6) is 0 Å². The topological polar surface area (TPSA) is 26.3 Å². The SMILES string of the molecule is CC[N+](C)(CC)CC(C)OCc1ccc2sc3ccccc3c(=O)c2c1.[I-]. The van der Waals surface area contributed by atoms with Gasteiger partial charge in [-0.3, -0.25) is 4.79 Å². The molecule has 5 heteroatoms. The van der Waals surface area contributed by atoms with Crippen molar-refractivity contribution in [2.45, 2.75) is 33.5 Å². The average molecular weight is 497 g/mol. The van der Waals surface area contributed by atoms with Crippen molar-refractivity contribution in [2.75, 3.05) is 26.7 Å². The fourth-order valence-electron chi connectivity index (χ4n) is 3.33. The highest BCUT2D eigenvalue weighted by Gasteiger charge is 2.20. The largest absolute Gasteiger partial charge is 1.00 e. The zero-order valence-electron chi connectivity index (χ0n) is 16.5. The van der Waals surface area contributed by atoms with Crippen LogP contribution in [0.25, 0.3) is 20.2 Å². The molecule has 3 aromatic rings. The van der Waals surface area contributed by atoms with E-state index in [0.717, 1.165) is 49.9 Å². The van der Waals surface area contributed by atoms with E-state index < -0.39 is 0 Å². The first-order valence-electron chi connectivity index (χ1n) is 9.35. The number of nitrogens with zero attached hydrogens (tertiary/aromatic N) is 1. The van der Waals surface area contributed by atoms with Gasteiger partial charge in [0.2, 0.25) is 0 Å². The molecule has 0 aliphatic carbocycles. The molecule has 0 amide bonds. The Kier molecular flexibility index (Phi) is 7.80. The van der Waals surface area contributed by atoms with Crippen molar-refractivity contribution >= 4 is 31.5 Å². The minimum Gasteiger partial charge on any atom is -1.00 e. The monoisotopic (exact) mass is 497 g/mol. The molecule has 1 unspecified atom stereocenters. The number of benzene rings is 2. The number of fused-ring (bicyclic) bond motifs is 2. The number of hydrogen-bond donors (Lipinski definition) is 0. The lowest BCUT2D eigenvalue weighted by Gasteiger charge is -2.34. The maximum Gasteiger partial charge on any atom is 0.195 e. The van der Waals surface area contributed by atoms with Gasteiger partial charge in [0.25, 0.3) is 0 Å². The maximum atomic E-state index is 12.8. The van der Waals surface area contributed by atoms with Crippen molar-refractivity contribution in [3.8, 4) is 0 Å². The second kappa shape index (κ2) is 9.45. The van der Waals surface area contributed by atoms with Gasteiger partial charge in [-0.1, -0.05) is 18.2 Å². The molecule has 3 nitrogen and oxygen atoms in total. The average Bonchev–Trinajstić information content (AvgIpc) is 2.66. The molecule has 0 bridgehead atoms. The summed E-state index contributed by atoms with van der Waals surface area (Å²) in [4.78, 5) is 12.8. The molecule has 2 aromatic carbocycles. The number of quaternary nitrogens is 1. The van der Waals surface area contributed by atoms with Crippen molar-refractivity contribution in [3.05, 3.63) is 58.3 Å². The Balaban J connectivity index is 0.00000261. The highest BCUT2D eigenvalue weighted by Crippen LogP contribution is 2.25. The summed E-state index contributed by atoms with van der Waals surface area (Å²) in [7, 11) is 2.27. The van der Waals surface area contributed by atoms with Gasteiger partial charge in [0.1, 0.15) is 12.6 Å². The van der Waals surface area contributed by atoms with E-state index in [4.69, 9.17) is 4.74 Å². The molecular formula is C22H28INO2S. The molecule has 27 heavy (non-hydrogen) atoms. The van der Waals surface area contributed by atoms with E-state index in [1.165, 1.54) is 0 Å². The van der Waals surface area contributed by atoms with Crippen molar-refractivity contribution in [2.24, 2.45) is 0 Å². The number of likely N-dealkylation sites (N-methyl/N-ethyl adjacent to an activating group) is 1. The molecule has 1 aromatic heterocycles. The predicted molar refractivity (Wildman–Crippen MR) is 112 cm³/mol. The first-order chi connectivity index (χ1) is 12.5. The number of hydrogen-bond acceptors (Lipinski definition) is 3. The molecule has 1 atom stereocenters. The number of rotatable bonds is 7. The molecule has 1 heterocycles. The fraction of sp³-hybridized carbons (Fsp3) is 0.409. The summed E-state index contributed by atoms with van der Waals surface area (Å²) in [6, 6.07) is 14.0. The quantitative estimate of drug-likeness (QED) is 0.283. The molecule has 146 valence electrons. The molecule has 0 fully saturated rings. The Morgan fingerprint density at radius 2 is 1.70 bits per heavy atom. The molecule has 0 saturated carbocycles. The van der Waals surface area contributed by atoms with Crippen LogP contribution in [0, 0.1) is 0 Å². The Morgan fingerprint density at radius 3 is 2.41 bits per heavy atom. The van der Waals surface area contributed by atoms with Crippen LogP contribution in [0.4, 0.5) is 0 Å². The molecule has 3 rings (SSSR count). The summed E-state index contributed by atoms with van der Waals surface area (Å²) in [6.45, 7) is 10.3. The van der Waals surface area contributed by atoms with Gasteiger partial charge in [-0.25, -0.2) is 0 Å². The highest BCUT2D eigenvalue weighted by atomic mass is 127. The van der Waals surface area contributed by atoms with Gasteiger partial charge in [-0.2, -0.15) is 0 Å². The standard InChI is InChI=1S/C22H28NO2S.HI/c1-5-23(4,6-2)14-16(3)25-15-17-11-12-21-19(13-17)22(24)18-9-7-8-10-20(18)26-21;/h7-13,16H,5-6,14-15H2,1-4H3;1H/q+1;/p-1. The van der Waals surface area contributed by atoms with Crippen LogP contribution in [-0.2, 0) is 11.3 Å². The lowest BCUT2D eigenvalue weighted by molar-refractivity contribution is -0.909. The van der Waals surface area contributed by atoms with Gasteiger partial charge in [0.15, 0.2) is 5.43 Å². The lowest BCUT2D eigenvalue weighted by atomic mass is 10.1. The summed E-state index contributed by atoms with van der Waals surface area (Å²) in [5.41, 5.74) is 1.18. The van der Waals surface area contributed by atoms with E-state index in [1.54, 1.807) is 11.3 Å². The molecule has 0 N–H and O–H groups in total. The number of ether oxygens (including phenoxy) is 1. The second-order valence-corrected chi connectivity index (χ2v) is 8.40. The third kappa shape index (κ3) is 5.08. The predicted octanol–water partition coefficient (Wildman–Crippen LogP) is 1.81. The van der Waals surface area contributed by atoms with E-state index in [2.05, 4.69) is 40.0 Å². The van der Waals surface area contributed by atoms with E-state index in [9.17, 15) is 4.79 Å². The van der Waals surface area contributed by atoms with Crippen molar-refractivity contribution in [1.82, 2.24) is 0 Å². The Morgan fingerprint density at radius 1 is 1.04 bits per heavy atom. The Labute approximate surface area is 182 Å². The molecule has 0 radical (unpaired) electrons. The van der Waals surface area contributed by atoms with Gasteiger partial charge in [0.05, 0.1) is 26.7 Å².